The van der Waals surface area contributed by atoms with Crippen LogP contribution in [0.3, 0.4) is 0 Å². The predicted octanol–water partition coefficient (Wildman–Crippen LogP) is 0.944. The molecular formula is C16H32O6. The van der Waals surface area contributed by atoms with Gasteiger partial charge < -0.3 is 29.9 Å². The Morgan fingerprint density at radius 2 is 1.41 bits per heavy atom. The van der Waals surface area contributed by atoms with Crippen LogP contribution in [0, 0.1) is 0 Å². The number of aliphatic hydroxyl groups is 4. The zero-order valence-corrected chi connectivity index (χ0v) is 13.6. The molecule has 4 N–H and O–H groups in total. The van der Waals surface area contributed by atoms with Gasteiger partial charge in [0.05, 0.1) is 6.61 Å². The van der Waals surface area contributed by atoms with Crippen molar-refractivity contribution in [3.63, 3.8) is 0 Å². The van der Waals surface area contributed by atoms with Gasteiger partial charge >= 0.3 is 0 Å². The Labute approximate surface area is 133 Å². The Kier molecular flexibility index (Phi) is 10.2. The summed E-state index contributed by atoms with van der Waals surface area (Å²) < 4.78 is 10.7. The molecule has 6 heteroatoms. The van der Waals surface area contributed by atoms with E-state index in [1.165, 1.54) is 38.5 Å². The van der Waals surface area contributed by atoms with Crippen LogP contribution in [-0.4, -0.2) is 64.3 Å². The molecule has 1 rings (SSSR count). The summed E-state index contributed by atoms with van der Waals surface area (Å²) in [5.41, 5.74) is 0. The first-order valence-electron chi connectivity index (χ1n) is 8.54. The van der Waals surface area contributed by atoms with E-state index in [4.69, 9.17) is 14.6 Å². The maximum absolute atomic E-state index is 9.80. The summed E-state index contributed by atoms with van der Waals surface area (Å²) >= 11 is 0. The first-order valence-corrected chi connectivity index (χ1v) is 8.54. The zero-order valence-electron chi connectivity index (χ0n) is 13.6. The predicted molar refractivity (Wildman–Crippen MR) is 82.3 cm³/mol. The Bertz CT molecular complexity index is 273. The lowest BCUT2D eigenvalue weighted by Crippen LogP contribution is -2.59. The second-order valence-electron chi connectivity index (χ2n) is 6.04. The van der Waals surface area contributed by atoms with Crippen LogP contribution < -0.4 is 0 Å². The number of ether oxygens (including phenoxy) is 2. The van der Waals surface area contributed by atoms with Gasteiger partial charge in [0.15, 0.2) is 6.29 Å². The Morgan fingerprint density at radius 1 is 0.818 bits per heavy atom. The maximum atomic E-state index is 9.80. The van der Waals surface area contributed by atoms with E-state index in [1.54, 1.807) is 0 Å². The maximum Gasteiger partial charge on any atom is 0.186 e. The van der Waals surface area contributed by atoms with E-state index >= 15 is 0 Å². The molecule has 5 atom stereocenters. The molecule has 0 aliphatic carbocycles. The van der Waals surface area contributed by atoms with E-state index in [0.29, 0.717) is 6.61 Å². The first kappa shape index (κ1) is 19.8. The summed E-state index contributed by atoms with van der Waals surface area (Å²) in [7, 11) is 0. The Balaban J connectivity index is 2.11. The topological polar surface area (TPSA) is 99.4 Å². The Morgan fingerprint density at radius 3 is 2.00 bits per heavy atom. The van der Waals surface area contributed by atoms with Crippen LogP contribution in [0.15, 0.2) is 0 Å². The van der Waals surface area contributed by atoms with Crippen molar-refractivity contribution in [2.75, 3.05) is 13.2 Å². The SMILES string of the molecule is CCCCCCCCCCO[C@H]1O[C@H](CO)[C@@H](O)[C@@H](O)[C@@H]1O. The van der Waals surface area contributed by atoms with Gasteiger partial charge in [-0.15, -0.1) is 0 Å². The molecule has 1 aliphatic rings. The first-order chi connectivity index (χ1) is 10.6. The molecule has 1 fully saturated rings. The highest BCUT2D eigenvalue weighted by Gasteiger charge is 2.43. The lowest BCUT2D eigenvalue weighted by Gasteiger charge is -2.39. The van der Waals surface area contributed by atoms with Gasteiger partial charge in [-0.1, -0.05) is 51.9 Å². The van der Waals surface area contributed by atoms with Crippen molar-refractivity contribution in [3.05, 3.63) is 0 Å². The fraction of sp³-hybridized carbons (Fsp3) is 1.00. The van der Waals surface area contributed by atoms with Gasteiger partial charge in [0.2, 0.25) is 0 Å². The summed E-state index contributed by atoms with van der Waals surface area (Å²) in [5, 5.41) is 38.2. The second-order valence-corrected chi connectivity index (χ2v) is 6.04. The third-order valence-corrected chi connectivity index (χ3v) is 4.13. The average molecular weight is 320 g/mol. The van der Waals surface area contributed by atoms with E-state index in [0.717, 1.165) is 12.8 Å². The van der Waals surface area contributed by atoms with E-state index in [1.807, 2.05) is 0 Å². The number of hydrogen-bond acceptors (Lipinski definition) is 6. The van der Waals surface area contributed by atoms with Gasteiger partial charge in [-0.25, -0.2) is 0 Å². The van der Waals surface area contributed by atoms with Crippen molar-refractivity contribution in [3.8, 4) is 0 Å². The zero-order chi connectivity index (χ0) is 16.4. The van der Waals surface area contributed by atoms with Crippen molar-refractivity contribution in [1.29, 1.82) is 0 Å². The van der Waals surface area contributed by atoms with Crippen LogP contribution in [0.5, 0.6) is 0 Å². The minimum absolute atomic E-state index is 0.428. The van der Waals surface area contributed by atoms with Gasteiger partial charge in [0.25, 0.3) is 0 Å². The third-order valence-electron chi connectivity index (χ3n) is 4.13. The van der Waals surface area contributed by atoms with Crippen molar-refractivity contribution < 1.29 is 29.9 Å². The minimum Gasteiger partial charge on any atom is -0.394 e. The summed E-state index contributed by atoms with van der Waals surface area (Å²) in [5.74, 6) is 0. The van der Waals surface area contributed by atoms with Crippen LogP contribution in [0.25, 0.3) is 0 Å². The van der Waals surface area contributed by atoms with E-state index < -0.39 is 37.3 Å². The molecular weight excluding hydrogens is 288 g/mol. The number of aliphatic hydroxyl groups excluding tert-OH is 4. The second kappa shape index (κ2) is 11.3. The third kappa shape index (κ3) is 6.48. The van der Waals surface area contributed by atoms with E-state index in [-0.39, 0.29) is 0 Å². The van der Waals surface area contributed by atoms with Gasteiger partial charge in [-0.3, -0.25) is 0 Å². The van der Waals surface area contributed by atoms with Crippen molar-refractivity contribution in [2.45, 2.75) is 89.0 Å². The molecule has 132 valence electrons. The van der Waals surface area contributed by atoms with Gasteiger partial charge in [0, 0.05) is 6.61 Å². The highest BCUT2D eigenvalue weighted by Crippen LogP contribution is 2.22. The van der Waals surface area contributed by atoms with Crippen LogP contribution in [0.2, 0.25) is 0 Å². The standard InChI is InChI=1S/C16H32O6/c1-2-3-4-5-6-7-8-9-10-21-16-15(20)14(19)13(18)12(11-17)22-16/h12-20H,2-11H2,1H3/t12-,13-,14-,15+,16+/m1/s1. The minimum atomic E-state index is -1.37. The quantitative estimate of drug-likeness (QED) is 0.423. The largest absolute Gasteiger partial charge is 0.394 e. The number of unbranched alkanes of at least 4 members (excludes halogenated alkanes) is 7. The smallest absolute Gasteiger partial charge is 0.186 e. The molecule has 1 saturated heterocycles. The summed E-state index contributed by atoms with van der Waals surface area (Å²) in [4.78, 5) is 0. The van der Waals surface area contributed by atoms with Crippen molar-refractivity contribution in [1.82, 2.24) is 0 Å². The lowest BCUT2D eigenvalue weighted by atomic mass is 9.99. The molecule has 0 aromatic carbocycles. The molecule has 1 aliphatic heterocycles. The van der Waals surface area contributed by atoms with Crippen molar-refractivity contribution in [2.24, 2.45) is 0 Å². The summed E-state index contributed by atoms with van der Waals surface area (Å²) in [6.45, 7) is 2.20. The Hall–Kier alpha value is -0.240. The van der Waals surface area contributed by atoms with Gasteiger partial charge in [-0.05, 0) is 6.42 Å². The van der Waals surface area contributed by atoms with Crippen molar-refractivity contribution >= 4 is 0 Å². The molecule has 0 unspecified atom stereocenters. The summed E-state index contributed by atoms with van der Waals surface area (Å²) in [6, 6.07) is 0. The molecule has 0 aromatic rings. The highest BCUT2D eigenvalue weighted by molar-refractivity contribution is 4.88. The average Bonchev–Trinajstić information content (AvgIpc) is 2.53. The number of hydrogen-bond donors (Lipinski definition) is 4. The van der Waals surface area contributed by atoms with Crippen LogP contribution >= 0.6 is 0 Å². The normalized spacial score (nSPS) is 32.3. The molecule has 0 radical (unpaired) electrons. The van der Waals surface area contributed by atoms with Crippen LogP contribution in [0.4, 0.5) is 0 Å². The molecule has 0 aromatic heterocycles. The molecule has 0 spiro atoms. The summed E-state index contributed by atoms with van der Waals surface area (Å²) in [6.07, 6.45) is 3.58. The fourth-order valence-electron chi connectivity index (χ4n) is 2.64. The van der Waals surface area contributed by atoms with E-state index in [9.17, 15) is 15.3 Å². The number of rotatable bonds is 11. The molecule has 0 amide bonds. The molecule has 0 bridgehead atoms. The molecule has 1 heterocycles. The molecule has 22 heavy (non-hydrogen) atoms. The molecule has 0 saturated carbocycles. The monoisotopic (exact) mass is 320 g/mol. The van der Waals surface area contributed by atoms with E-state index in [2.05, 4.69) is 6.92 Å². The lowest BCUT2D eigenvalue weighted by molar-refractivity contribution is -0.301. The highest BCUT2D eigenvalue weighted by atomic mass is 16.7. The van der Waals surface area contributed by atoms with Crippen LogP contribution in [-0.2, 0) is 9.47 Å². The van der Waals surface area contributed by atoms with Crippen LogP contribution in [0.1, 0.15) is 58.3 Å². The fourth-order valence-corrected chi connectivity index (χ4v) is 2.64. The van der Waals surface area contributed by atoms with Gasteiger partial charge in [-0.2, -0.15) is 0 Å². The van der Waals surface area contributed by atoms with Gasteiger partial charge in [0.1, 0.15) is 24.4 Å². The molecule has 6 nitrogen and oxygen atoms in total.